The van der Waals surface area contributed by atoms with Crippen LogP contribution in [-0.4, -0.2) is 47.4 Å². The summed E-state index contributed by atoms with van der Waals surface area (Å²) in [6.45, 7) is 7.33. The second kappa shape index (κ2) is 10.5. The van der Waals surface area contributed by atoms with Gasteiger partial charge in [-0.2, -0.15) is 0 Å². The molecule has 3 heterocycles. The summed E-state index contributed by atoms with van der Waals surface area (Å²) in [5.41, 5.74) is 3.74. The third kappa shape index (κ3) is 5.64. The number of pyridine rings is 1. The summed E-state index contributed by atoms with van der Waals surface area (Å²) in [5.74, 6) is 0. The molecule has 1 fully saturated rings. The van der Waals surface area contributed by atoms with Crippen LogP contribution in [0.3, 0.4) is 0 Å². The van der Waals surface area contributed by atoms with E-state index in [1.54, 1.807) is 23.9 Å². The third-order valence-electron chi connectivity index (χ3n) is 4.71. The molecule has 0 aliphatic carbocycles. The summed E-state index contributed by atoms with van der Waals surface area (Å²) in [6, 6.07) is 9.46. The van der Waals surface area contributed by atoms with Crippen molar-refractivity contribution in [3.8, 4) is 0 Å². The largest absolute Gasteiger partial charge is 0.354 e. The van der Waals surface area contributed by atoms with E-state index in [0.717, 1.165) is 25.3 Å². The van der Waals surface area contributed by atoms with Crippen LogP contribution in [0.1, 0.15) is 32.3 Å². The van der Waals surface area contributed by atoms with Crippen molar-refractivity contribution in [3.63, 3.8) is 0 Å². The highest BCUT2D eigenvalue weighted by atomic mass is 32.2. The van der Waals surface area contributed by atoms with Crippen molar-refractivity contribution in [2.24, 2.45) is 0 Å². The molecule has 0 bridgehead atoms. The molecule has 7 heteroatoms. The highest BCUT2D eigenvalue weighted by Crippen LogP contribution is 2.43. The molecule has 0 radical (unpaired) electrons. The van der Waals surface area contributed by atoms with Gasteiger partial charge in [-0.1, -0.05) is 31.7 Å². The highest BCUT2D eigenvalue weighted by molar-refractivity contribution is 7.99. The van der Waals surface area contributed by atoms with Crippen LogP contribution >= 0.6 is 23.9 Å². The van der Waals surface area contributed by atoms with Crippen LogP contribution in [0, 0.1) is 0 Å². The van der Waals surface area contributed by atoms with Gasteiger partial charge >= 0.3 is 0 Å². The minimum absolute atomic E-state index is 0.616. The topological polar surface area (TPSA) is 43.4 Å². The van der Waals surface area contributed by atoms with Crippen LogP contribution in [0.5, 0.6) is 0 Å². The van der Waals surface area contributed by atoms with Crippen LogP contribution in [0.25, 0.3) is 0 Å². The zero-order valence-corrected chi connectivity index (χ0v) is 18.9. The Kier molecular flexibility index (Phi) is 8.05. The molecule has 5 nitrogen and oxygen atoms in total. The fraction of sp³-hybridized carbons (Fsp3) is 0.476. The number of nitrogens with zero attached hydrogens (tertiary/aromatic N) is 3. The summed E-state index contributed by atoms with van der Waals surface area (Å²) in [7, 11) is 4.15. The van der Waals surface area contributed by atoms with Crippen molar-refractivity contribution in [1.82, 2.24) is 18.9 Å². The Bertz CT molecular complexity index is 760. The molecule has 0 atom stereocenters. The molecule has 0 saturated carbocycles. The maximum absolute atomic E-state index is 4.22. The molecular weight excluding hydrogens is 386 g/mol. The quantitative estimate of drug-likeness (QED) is 0.567. The number of hydrogen-bond donors (Lipinski definition) is 2. The van der Waals surface area contributed by atoms with E-state index in [9.17, 15) is 0 Å². The van der Waals surface area contributed by atoms with Crippen molar-refractivity contribution in [2.75, 3.05) is 32.5 Å². The Hall–Kier alpha value is -1.25. The number of hydrogen-bond acceptors (Lipinski definition) is 7. The van der Waals surface area contributed by atoms with E-state index in [4.69, 9.17) is 0 Å². The number of rotatable bonds is 5. The molecule has 1 saturated heterocycles. The predicted molar refractivity (Wildman–Crippen MR) is 122 cm³/mol. The molecule has 28 heavy (non-hydrogen) atoms. The highest BCUT2D eigenvalue weighted by Gasteiger charge is 2.20. The summed E-state index contributed by atoms with van der Waals surface area (Å²) in [4.78, 5) is 9.25. The van der Waals surface area contributed by atoms with E-state index < -0.39 is 0 Å². The van der Waals surface area contributed by atoms with E-state index >= 15 is 0 Å². The predicted octanol–water partition coefficient (Wildman–Crippen LogP) is 4.99. The molecule has 0 amide bonds. The number of anilines is 2. The lowest BCUT2D eigenvalue weighted by molar-refractivity contribution is 0.201. The molecule has 2 aliphatic heterocycles. The fourth-order valence-electron chi connectivity index (χ4n) is 3.34. The molecule has 2 N–H and O–H groups in total. The first-order valence-electron chi connectivity index (χ1n) is 10.0. The summed E-state index contributed by atoms with van der Waals surface area (Å²) >= 11 is 3.49. The average Bonchev–Trinajstić information content (AvgIpc) is 2.73. The maximum Gasteiger partial charge on any atom is 0.0557 e. The van der Waals surface area contributed by atoms with Crippen molar-refractivity contribution in [1.29, 1.82) is 0 Å². The minimum Gasteiger partial charge on any atom is -0.354 e. The molecule has 4 rings (SSSR count). The van der Waals surface area contributed by atoms with Crippen molar-refractivity contribution in [3.05, 3.63) is 42.2 Å². The number of aromatic nitrogens is 1. The van der Waals surface area contributed by atoms with Gasteiger partial charge in [-0.05, 0) is 63.8 Å². The van der Waals surface area contributed by atoms with Crippen LogP contribution in [0.4, 0.5) is 11.4 Å². The molecule has 152 valence electrons. The number of likely N-dealkylation sites (tertiary alicyclic amines) is 1. The number of piperidine rings is 1. The molecule has 0 unspecified atom stereocenters. The normalized spacial score (nSPS) is 16.6. The van der Waals surface area contributed by atoms with Gasteiger partial charge in [0.1, 0.15) is 0 Å². The van der Waals surface area contributed by atoms with Crippen molar-refractivity contribution in [2.45, 2.75) is 49.1 Å². The van der Waals surface area contributed by atoms with E-state index in [-0.39, 0.29) is 0 Å². The molecule has 2 aliphatic rings. The number of fused-ring (bicyclic) bond motifs is 2. The lowest BCUT2D eigenvalue weighted by atomic mass is 10.1. The lowest BCUT2D eigenvalue weighted by Gasteiger charge is -2.32. The Labute approximate surface area is 177 Å². The Morgan fingerprint density at radius 1 is 1.18 bits per heavy atom. The Morgan fingerprint density at radius 2 is 1.96 bits per heavy atom. The first-order valence-corrected chi connectivity index (χ1v) is 11.6. The molecule has 1 aromatic heterocycles. The second-order valence-electron chi connectivity index (χ2n) is 7.00. The van der Waals surface area contributed by atoms with E-state index in [0.29, 0.717) is 6.04 Å². The Balaban J connectivity index is 0.00000109. The molecule has 1 aromatic carbocycles. The smallest absolute Gasteiger partial charge is 0.0557 e. The van der Waals surface area contributed by atoms with Gasteiger partial charge in [0.25, 0.3) is 0 Å². The summed E-state index contributed by atoms with van der Waals surface area (Å²) < 4.78 is 5.66. The maximum atomic E-state index is 4.22. The number of nitrogens with one attached hydrogen (secondary N) is 2. The van der Waals surface area contributed by atoms with Gasteiger partial charge in [0, 0.05) is 42.0 Å². The van der Waals surface area contributed by atoms with Gasteiger partial charge in [-0.15, -0.1) is 0 Å². The second-order valence-corrected chi connectivity index (χ2v) is 9.23. The van der Waals surface area contributed by atoms with Gasteiger partial charge in [-0.3, -0.25) is 9.88 Å². The van der Waals surface area contributed by atoms with Gasteiger partial charge in [-0.25, -0.2) is 9.03 Å². The van der Waals surface area contributed by atoms with Gasteiger partial charge in [0.2, 0.25) is 0 Å². The van der Waals surface area contributed by atoms with Crippen LogP contribution in [0.2, 0.25) is 0 Å². The van der Waals surface area contributed by atoms with E-state index in [2.05, 4.69) is 56.5 Å². The standard InChI is InChI=1S/C19H25N5S2.C2H6/c1-23(2)26-22-15-6-9-24(10-7-15)13-14-3-4-18-17(11-14)21-16-5-8-20-12-19(16)25-18;1-2/h3-5,8,11-12,15,21-22H,6-7,9-10,13H2,1-2H3;1-2H3. The van der Waals surface area contributed by atoms with E-state index in [1.807, 2.05) is 32.3 Å². The average molecular weight is 418 g/mol. The van der Waals surface area contributed by atoms with Gasteiger partial charge in [0.05, 0.1) is 16.3 Å². The molecule has 0 spiro atoms. The molecular formula is C21H31N5S2. The lowest BCUT2D eigenvalue weighted by Crippen LogP contribution is -2.40. The van der Waals surface area contributed by atoms with Gasteiger partial charge in [0.15, 0.2) is 0 Å². The summed E-state index contributed by atoms with van der Waals surface area (Å²) in [5, 5.41) is 3.56. The molecule has 2 aromatic rings. The number of benzene rings is 1. The zero-order valence-electron chi connectivity index (χ0n) is 17.2. The van der Waals surface area contributed by atoms with Crippen molar-refractivity contribution < 1.29 is 0 Å². The van der Waals surface area contributed by atoms with Crippen molar-refractivity contribution >= 4 is 35.3 Å². The minimum atomic E-state index is 0.616. The first-order chi connectivity index (χ1) is 13.7. The summed E-state index contributed by atoms with van der Waals surface area (Å²) in [6.07, 6.45) is 6.19. The first kappa shape index (κ1) is 21.5. The Morgan fingerprint density at radius 3 is 2.71 bits per heavy atom. The SMILES string of the molecule is CC.CN(C)SNC1CCN(Cc2ccc3c(c2)Nc2ccncc2S3)CC1. The fourth-order valence-corrected chi connectivity index (χ4v) is 4.87. The monoisotopic (exact) mass is 417 g/mol. The van der Waals surface area contributed by atoms with Crippen LogP contribution in [0.15, 0.2) is 46.5 Å². The zero-order chi connectivity index (χ0) is 19.9. The van der Waals surface area contributed by atoms with Crippen LogP contribution < -0.4 is 10.0 Å². The van der Waals surface area contributed by atoms with E-state index in [1.165, 1.54) is 33.9 Å². The third-order valence-corrected chi connectivity index (χ3v) is 6.64. The van der Waals surface area contributed by atoms with Gasteiger partial charge < -0.3 is 5.32 Å². The van der Waals surface area contributed by atoms with Crippen LogP contribution in [-0.2, 0) is 6.54 Å².